The summed E-state index contributed by atoms with van der Waals surface area (Å²) in [7, 11) is -3.10. The molecule has 0 aliphatic carbocycles. The molecule has 2 fully saturated rings. The SMILES string of the molecule is O=C(CCN1C(=O)S/C(=C\c2ccc(F)cc2)C1=O)N[C@H]1CCS(=O)(=O)C1. The first-order valence-electron chi connectivity index (χ1n) is 8.24. The number of halogens is 1. The average molecular weight is 412 g/mol. The van der Waals surface area contributed by atoms with Crippen molar-refractivity contribution in [3.63, 3.8) is 0 Å². The molecule has 2 heterocycles. The third-order valence-electron chi connectivity index (χ3n) is 4.20. The quantitative estimate of drug-likeness (QED) is 0.737. The van der Waals surface area contributed by atoms with Crippen molar-refractivity contribution in [3.8, 4) is 0 Å². The van der Waals surface area contributed by atoms with Crippen LogP contribution in [0, 0.1) is 5.82 Å². The van der Waals surface area contributed by atoms with Gasteiger partial charge in [0.2, 0.25) is 5.91 Å². The number of amides is 3. The first-order chi connectivity index (χ1) is 12.7. The van der Waals surface area contributed by atoms with E-state index in [4.69, 9.17) is 0 Å². The van der Waals surface area contributed by atoms with E-state index in [1.807, 2.05) is 0 Å². The van der Waals surface area contributed by atoms with Crippen LogP contribution in [0.15, 0.2) is 29.2 Å². The summed E-state index contributed by atoms with van der Waals surface area (Å²) in [6.45, 7) is -0.0866. The fraction of sp³-hybridized carbons (Fsp3) is 0.353. The maximum absolute atomic E-state index is 12.9. The molecule has 7 nitrogen and oxygen atoms in total. The molecule has 1 atom stereocenters. The van der Waals surface area contributed by atoms with Crippen molar-refractivity contribution in [3.05, 3.63) is 40.6 Å². The van der Waals surface area contributed by atoms with Gasteiger partial charge in [0.15, 0.2) is 9.84 Å². The number of carbonyl (C=O) groups excluding carboxylic acids is 3. The lowest BCUT2D eigenvalue weighted by molar-refractivity contribution is -0.124. The van der Waals surface area contributed by atoms with Crippen LogP contribution >= 0.6 is 11.8 Å². The normalized spacial score (nSPS) is 23.2. The monoisotopic (exact) mass is 412 g/mol. The first-order valence-corrected chi connectivity index (χ1v) is 10.9. The number of hydrogen-bond acceptors (Lipinski definition) is 6. The molecular formula is C17H17FN2O5S2. The zero-order valence-electron chi connectivity index (χ0n) is 14.2. The number of benzene rings is 1. The molecule has 3 rings (SSSR count). The van der Waals surface area contributed by atoms with Crippen LogP contribution < -0.4 is 5.32 Å². The van der Waals surface area contributed by atoms with Crippen LogP contribution in [0.25, 0.3) is 6.08 Å². The van der Waals surface area contributed by atoms with E-state index in [9.17, 15) is 27.2 Å². The number of imide groups is 1. The van der Waals surface area contributed by atoms with E-state index < -0.39 is 38.7 Å². The van der Waals surface area contributed by atoms with E-state index in [1.54, 1.807) is 0 Å². The summed E-state index contributed by atoms with van der Waals surface area (Å²) in [5.41, 5.74) is 0.585. The molecule has 27 heavy (non-hydrogen) atoms. The lowest BCUT2D eigenvalue weighted by Crippen LogP contribution is -2.38. The standard InChI is InChI=1S/C17H17FN2O5S2/c18-12-3-1-11(2-4-12)9-14-16(22)20(17(23)26-14)7-5-15(21)19-13-6-8-27(24,25)10-13/h1-4,9,13H,5-8,10H2,(H,19,21)/b14-9-/t13-/m0/s1. The molecule has 0 unspecified atom stereocenters. The second kappa shape index (κ2) is 7.81. The fourth-order valence-electron chi connectivity index (χ4n) is 2.83. The van der Waals surface area contributed by atoms with Gasteiger partial charge in [0.05, 0.1) is 16.4 Å². The number of hydrogen-bond donors (Lipinski definition) is 1. The highest BCUT2D eigenvalue weighted by atomic mass is 32.2. The molecule has 1 aromatic rings. The lowest BCUT2D eigenvalue weighted by atomic mass is 10.2. The molecule has 10 heteroatoms. The average Bonchev–Trinajstić information content (AvgIpc) is 3.07. The number of nitrogens with zero attached hydrogens (tertiary/aromatic N) is 1. The van der Waals surface area contributed by atoms with Crippen molar-refractivity contribution in [1.82, 2.24) is 10.2 Å². The molecule has 0 spiro atoms. The zero-order chi connectivity index (χ0) is 19.6. The molecule has 3 amide bonds. The van der Waals surface area contributed by atoms with E-state index >= 15 is 0 Å². The Morgan fingerprint density at radius 1 is 1.30 bits per heavy atom. The molecular weight excluding hydrogens is 395 g/mol. The number of thioether (sulfide) groups is 1. The molecule has 2 aliphatic heterocycles. The van der Waals surface area contributed by atoms with Gasteiger partial charge in [-0.1, -0.05) is 12.1 Å². The van der Waals surface area contributed by atoms with E-state index in [-0.39, 0.29) is 29.4 Å². The Morgan fingerprint density at radius 3 is 2.63 bits per heavy atom. The molecule has 2 saturated heterocycles. The highest BCUT2D eigenvalue weighted by Gasteiger charge is 2.35. The summed E-state index contributed by atoms with van der Waals surface area (Å²) in [6.07, 6.45) is 1.77. The topological polar surface area (TPSA) is 101 Å². The molecule has 0 bridgehead atoms. The summed E-state index contributed by atoms with van der Waals surface area (Å²) < 4.78 is 35.7. The van der Waals surface area contributed by atoms with E-state index in [2.05, 4.69) is 5.32 Å². The van der Waals surface area contributed by atoms with Crippen LogP contribution in [-0.4, -0.2) is 54.5 Å². The van der Waals surface area contributed by atoms with Gasteiger partial charge in [-0.3, -0.25) is 19.3 Å². The Bertz CT molecular complexity index is 912. The number of rotatable bonds is 5. The largest absolute Gasteiger partial charge is 0.352 e. The van der Waals surface area contributed by atoms with Crippen LogP contribution in [0.4, 0.5) is 9.18 Å². The Kier molecular flexibility index (Phi) is 5.66. The predicted molar refractivity (Wildman–Crippen MR) is 98.9 cm³/mol. The van der Waals surface area contributed by atoms with Crippen LogP contribution in [0.1, 0.15) is 18.4 Å². The third kappa shape index (κ3) is 4.95. The highest BCUT2D eigenvalue weighted by molar-refractivity contribution is 8.18. The minimum absolute atomic E-state index is 0.0508. The van der Waals surface area contributed by atoms with Crippen LogP contribution in [0.5, 0.6) is 0 Å². The van der Waals surface area contributed by atoms with Crippen molar-refractivity contribution >= 4 is 44.7 Å². The Morgan fingerprint density at radius 2 is 2.00 bits per heavy atom. The Hall–Kier alpha value is -2.20. The van der Waals surface area contributed by atoms with Crippen LogP contribution in [0.3, 0.4) is 0 Å². The molecule has 0 aromatic heterocycles. The van der Waals surface area contributed by atoms with Gasteiger partial charge in [-0.25, -0.2) is 12.8 Å². The zero-order valence-corrected chi connectivity index (χ0v) is 15.8. The van der Waals surface area contributed by atoms with Gasteiger partial charge in [0, 0.05) is 19.0 Å². The predicted octanol–water partition coefficient (Wildman–Crippen LogP) is 1.56. The minimum atomic E-state index is -3.10. The fourth-order valence-corrected chi connectivity index (χ4v) is 5.36. The minimum Gasteiger partial charge on any atom is -0.352 e. The molecule has 0 radical (unpaired) electrons. The van der Waals surface area contributed by atoms with Crippen LogP contribution in [-0.2, 0) is 19.4 Å². The van der Waals surface area contributed by atoms with Crippen molar-refractivity contribution in [2.45, 2.75) is 18.9 Å². The number of carbonyl (C=O) groups is 3. The first kappa shape index (κ1) is 19.6. The van der Waals surface area contributed by atoms with Gasteiger partial charge in [-0.15, -0.1) is 0 Å². The van der Waals surface area contributed by atoms with Gasteiger partial charge >= 0.3 is 0 Å². The van der Waals surface area contributed by atoms with Crippen molar-refractivity contribution in [2.75, 3.05) is 18.1 Å². The summed E-state index contributed by atoms with van der Waals surface area (Å²) in [4.78, 5) is 37.6. The maximum Gasteiger partial charge on any atom is 0.293 e. The smallest absolute Gasteiger partial charge is 0.293 e. The highest BCUT2D eigenvalue weighted by Crippen LogP contribution is 2.32. The van der Waals surface area contributed by atoms with Gasteiger partial charge in [-0.05, 0) is 42.0 Å². The molecule has 1 N–H and O–H groups in total. The van der Waals surface area contributed by atoms with Gasteiger partial charge < -0.3 is 5.32 Å². The summed E-state index contributed by atoms with van der Waals surface area (Å²) in [5, 5.41) is 2.14. The van der Waals surface area contributed by atoms with Crippen LogP contribution in [0.2, 0.25) is 0 Å². The third-order valence-corrected chi connectivity index (χ3v) is 6.88. The van der Waals surface area contributed by atoms with E-state index in [1.165, 1.54) is 30.3 Å². The molecule has 1 aromatic carbocycles. The van der Waals surface area contributed by atoms with Crippen molar-refractivity contribution in [2.24, 2.45) is 0 Å². The van der Waals surface area contributed by atoms with Gasteiger partial charge in [0.25, 0.3) is 11.1 Å². The van der Waals surface area contributed by atoms with E-state index in [0.29, 0.717) is 12.0 Å². The van der Waals surface area contributed by atoms with Crippen molar-refractivity contribution < 1.29 is 27.2 Å². The second-order valence-electron chi connectivity index (χ2n) is 6.30. The Labute approximate surface area is 159 Å². The summed E-state index contributed by atoms with van der Waals surface area (Å²) >= 11 is 0.759. The maximum atomic E-state index is 12.9. The van der Waals surface area contributed by atoms with Gasteiger partial charge in [0.1, 0.15) is 5.82 Å². The van der Waals surface area contributed by atoms with E-state index in [0.717, 1.165) is 16.7 Å². The molecule has 0 saturated carbocycles. The lowest BCUT2D eigenvalue weighted by Gasteiger charge is -2.14. The van der Waals surface area contributed by atoms with Gasteiger partial charge in [-0.2, -0.15) is 0 Å². The molecule has 144 valence electrons. The van der Waals surface area contributed by atoms with Crippen molar-refractivity contribution in [1.29, 1.82) is 0 Å². The summed E-state index contributed by atoms with van der Waals surface area (Å²) in [5.74, 6) is -1.35. The number of nitrogens with one attached hydrogen (secondary N) is 1. The second-order valence-corrected chi connectivity index (χ2v) is 9.52. The Balaban J connectivity index is 1.56. The molecule has 2 aliphatic rings. The summed E-state index contributed by atoms with van der Waals surface area (Å²) in [6, 6.07) is 5.07. The number of sulfone groups is 1.